The Morgan fingerprint density at radius 3 is 2.41 bits per heavy atom. The maximum absolute atomic E-state index is 4.01. The standard InChI is InChI=1S/C17H24/c1-6-15(7-2)9-11-17-12-16(13(3)4)10-8-14(17)5/h8-10,12H,3,6-7,11H2,1-2,4-5H3. The van der Waals surface area contributed by atoms with Crippen LogP contribution in [0.4, 0.5) is 0 Å². The monoisotopic (exact) mass is 228 g/mol. The Bertz CT molecular complexity index is 416. The van der Waals surface area contributed by atoms with E-state index in [1.54, 1.807) is 5.57 Å². The summed E-state index contributed by atoms with van der Waals surface area (Å²) >= 11 is 0. The average Bonchev–Trinajstić information content (AvgIpc) is 2.32. The Labute approximate surface area is 106 Å². The lowest BCUT2D eigenvalue weighted by atomic mass is 9.98. The van der Waals surface area contributed by atoms with Gasteiger partial charge in [-0.1, -0.05) is 55.8 Å². The number of benzene rings is 1. The Balaban J connectivity index is 2.93. The lowest BCUT2D eigenvalue weighted by molar-refractivity contribution is 0.959. The van der Waals surface area contributed by atoms with E-state index in [0.717, 1.165) is 24.8 Å². The molecular formula is C17H24. The smallest absolute Gasteiger partial charge is 0.00919 e. The zero-order chi connectivity index (χ0) is 12.8. The van der Waals surface area contributed by atoms with Crippen LogP contribution in [0, 0.1) is 6.92 Å². The van der Waals surface area contributed by atoms with Crippen molar-refractivity contribution in [2.45, 2.75) is 47.0 Å². The fraction of sp³-hybridized carbons (Fsp3) is 0.412. The summed E-state index contributed by atoms with van der Waals surface area (Å²) in [6.45, 7) is 12.7. The first-order valence-corrected chi connectivity index (χ1v) is 6.51. The van der Waals surface area contributed by atoms with Crippen LogP contribution in [0.25, 0.3) is 5.57 Å². The van der Waals surface area contributed by atoms with Crippen molar-refractivity contribution >= 4 is 5.57 Å². The predicted molar refractivity (Wildman–Crippen MR) is 78.3 cm³/mol. The fourth-order valence-electron chi connectivity index (χ4n) is 1.95. The molecule has 0 nitrogen and oxygen atoms in total. The van der Waals surface area contributed by atoms with Gasteiger partial charge in [0.25, 0.3) is 0 Å². The summed E-state index contributed by atoms with van der Waals surface area (Å²) < 4.78 is 0. The van der Waals surface area contributed by atoms with Gasteiger partial charge in [-0.15, -0.1) is 0 Å². The Morgan fingerprint density at radius 1 is 1.24 bits per heavy atom. The molecule has 1 aromatic rings. The van der Waals surface area contributed by atoms with Crippen LogP contribution in [0.1, 0.15) is 50.3 Å². The van der Waals surface area contributed by atoms with Crippen molar-refractivity contribution in [1.82, 2.24) is 0 Å². The summed E-state index contributed by atoms with van der Waals surface area (Å²) in [6, 6.07) is 6.63. The molecule has 0 aliphatic carbocycles. The second-order valence-corrected chi connectivity index (χ2v) is 4.70. The molecule has 0 atom stereocenters. The molecular weight excluding hydrogens is 204 g/mol. The maximum atomic E-state index is 4.01. The zero-order valence-corrected chi connectivity index (χ0v) is 11.6. The van der Waals surface area contributed by atoms with Gasteiger partial charge in [-0.25, -0.2) is 0 Å². The molecule has 17 heavy (non-hydrogen) atoms. The molecule has 1 aromatic carbocycles. The van der Waals surface area contributed by atoms with Gasteiger partial charge in [0.15, 0.2) is 0 Å². The van der Waals surface area contributed by atoms with Crippen LogP contribution in [0.15, 0.2) is 36.4 Å². The fourth-order valence-corrected chi connectivity index (χ4v) is 1.95. The Morgan fingerprint density at radius 2 is 1.88 bits per heavy atom. The highest BCUT2D eigenvalue weighted by Gasteiger charge is 2.00. The minimum absolute atomic E-state index is 1.05. The van der Waals surface area contributed by atoms with Crippen LogP contribution < -0.4 is 0 Å². The largest absolute Gasteiger partial charge is 0.0955 e. The summed E-state index contributed by atoms with van der Waals surface area (Å²) in [5.41, 5.74) is 6.74. The minimum atomic E-state index is 1.05. The second-order valence-electron chi connectivity index (χ2n) is 4.70. The van der Waals surface area contributed by atoms with Crippen molar-refractivity contribution in [2.24, 2.45) is 0 Å². The zero-order valence-electron chi connectivity index (χ0n) is 11.6. The summed E-state index contributed by atoms with van der Waals surface area (Å²) in [4.78, 5) is 0. The van der Waals surface area contributed by atoms with E-state index in [1.165, 1.54) is 16.7 Å². The van der Waals surface area contributed by atoms with Gasteiger partial charge in [0, 0.05) is 0 Å². The number of hydrogen-bond donors (Lipinski definition) is 0. The van der Waals surface area contributed by atoms with Crippen LogP contribution in [0.3, 0.4) is 0 Å². The first-order chi connectivity index (χ1) is 8.08. The molecule has 0 saturated heterocycles. The van der Waals surface area contributed by atoms with E-state index in [9.17, 15) is 0 Å². The summed E-state index contributed by atoms with van der Waals surface area (Å²) in [5.74, 6) is 0. The third-order valence-corrected chi connectivity index (χ3v) is 3.36. The van der Waals surface area contributed by atoms with Crippen LogP contribution in [-0.2, 0) is 6.42 Å². The van der Waals surface area contributed by atoms with Gasteiger partial charge in [0.2, 0.25) is 0 Å². The van der Waals surface area contributed by atoms with E-state index in [4.69, 9.17) is 0 Å². The van der Waals surface area contributed by atoms with Gasteiger partial charge in [-0.05, 0) is 49.8 Å². The van der Waals surface area contributed by atoms with Crippen LogP contribution in [0.2, 0.25) is 0 Å². The van der Waals surface area contributed by atoms with Crippen LogP contribution >= 0.6 is 0 Å². The van der Waals surface area contributed by atoms with Gasteiger partial charge < -0.3 is 0 Å². The molecule has 0 heteroatoms. The van der Waals surface area contributed by atoms with Crippen LogP contribution in [-0.4, -0.2) is 0 Å². The van der Waals surface area contributed by atoms with Crippen molar-refractivity contribution in [1.29, 1.82) is 0 Å². The first kappa shape index (κ1) is 13.8. The maximum Gasteiger partial charge on any atom is -0.00919 e. The lowest BCUT2D eigenvalue weighted by Gasteiger charge is -2.08. The molecule has 92 valence electrons. The SMILES string of the molecule is C=C(C)c1ccc(C)c(CC=C(CC)CC)c1. The first-order valence-electron chi connectivity index (χ1n) is 6.51. The minimum Gasteiger partial charge on any atom is -0.0955 e. The molecule has 0 fully saturated rings. The molecule has 0 bridgehead atoms. The van der Waals surface area contributed by atoms with E-state index in [1.807, 2.05) is 0 Å². The molecule has 1 rings (SSSR count). The molecule has 0 heterocycles. The van der Waals surface area contributed by atoms with Gasteiger partial charge in [-0.3, -0.25) is 0 Å². The van der Waals surface area contributed by atoms with E-state index in [2.05, 4.69) is 58.5 Å². The molecule has 0 N–H and O–H groups in total. The number of hydrogen-bond acceptors (Lipinski definition) is 0. The highest BCUT2D eigenvalue weighted by atomic mass is 14.1. The normalized spacial score (nSPS) is 10.1. The van der Waals surface area contributed by atoms with Crippen molar-refractivity contribution in [3.05, 3.63) is 53.1 Å². The molecule has 0 aromatic heterocycles. The van der Waals surface area contributed by atoms with Crippen molar-refractivity contribution in [2.75, 3.05) is 0 Å². The highest BCUT2D eigenvalue weighted by Crippen LogP contribution is 2.18. The summed E-state index contributed by atoms with van der Waals surface area (Å²) in [7, 11) is 0. The molecule has 0 aliphatic rings. The van der Waals surface area contributed by atoms with Crippen LogP contribution in [0.5, 0.6) is 0 Å². The average molecular weight is 228 g/mol. The molecule has 0 radical (unpaired) electrons. The van der Waals surface area contributed by atoms with E-state index >= 15 is 0 Å². The number of rotatable bonds is 5. The van der Waals surface area contributed by atoms with Crippen molar-refractivity contribution in [3.8, 4) is 0 Å². The highest BCUT2D eigenvalue weighted by molar-refractivity contribution is 5.62. The molecule has 0 aliphatic heterocycles. The molecule has 0 saturated carbocycles. The third-order valence-electron chi connectivity index (χ3n) is 3.36. The second kappa shape index (κ2) is 6.44. The van der Waals surface area contributed by atoms with E-state index < -0.39 is 0 Å². The summed E-state index contributed by atoms with van der Waals surface area (Å²) in [5, 5.41) is 0. The molecule has 0 unspecified atom stereocenters. The van der Waals surface area contributed by atoms with E-state index in [0.29, 0.717) is 0 Å². The van der Waals surface area contributed by atoms with Crippen molar-refractivity contribution < 1.29 is 0 Å². The number of allylic oxidation sites excluding steroid dienone is 3. The quantitative estimate of drug-likeness (QED) is 0.598. The summed E-state index contributed by atoms with van der Waals surface area (Å²) in [6.07, 6.45) is 5.75. The Hall–Kier alpha value is -1.30. The number of aryl methyl sites for hydroxylation is 1. The predicted octanol–water partition coefficient (Wildman–Crippen LogP) is 5.32. The van der Waals surface area contributed by atoms with Crippen molar-refractivity contribution in [3.63, 3.8) is 0 Å². The van der Waals surface area contributed by atoms with Gasteiger partial charge >= 0.3 is 0 Å². The van der Waals surface area contributed by atoms with E-state index in [-0.39, 0.29) is 0 Å². The van der Waals surface area contributed by atoms with Gasteiger partial charge in [0.1, 0.15) is 0 Å². The van der Waals surface area contributed by atoms with Gasteiger partial charge in [0.05, 0.1) is 0 Å². The molecule has 0 amide bonds. The Kier molecular flexibility index (Phi) is 5.21. The third kappa shape index (κ3) is 3.89. The molecule has 0 spiro atoms. The lowest BCUT2D eigenvalue weighted by Crippen LogP contribution is -1.91. The topological polar surface area (TPSA) is 0 Å². The van der Waals surface area contributed by atoms with Gasteiger partial charge in [-0.2, -0.15) is 0 Å².